The molecule has 5 nitrogen and oxygen atoms in total. The molecule has 1 aliphatic rings. The maximum Gasteiger partial charge on any atom is 0.320 e. The average Bonchev–Trinajstić information content (AvgIpc) is 2.17. The molecular weight excluding hydrogens is 184 g/mol. The fourth-order valence-corrected chi connectivity index (χ4v) is 1.36. The zero-order valence-corrected chi connectivity index (χ0v) is 7.04. The normalized spacial score (nSPS) is 19.1. The minimum absolute atomic E-state index is 0.403. The van der Waals surface area contributed by atoms with Gasteiger partial charge in [0.1, 0.15) is 0 Å². The lowest BCUT2D eigenvalue weighted by molar-refractivity contribution is -0.142. The first-order valence-electron chi connectivity index (χ1n) is 3.97. The van der Waals surface area contributed by atoms with Crippen molar-refractivity contribution >= 4 is 17.6 Å². The number of hydrogen-bond donors (Lipinski definition) is 1. The fraction of sp³-hybridized carbons (Fsp3) is 0.111. The SMILES string of the molecule is O=C(O)C1C(=O)N=Nc2ccccc21. The number of benzene rings is 1. The average molecular weight is 190 g/mol. The molecule has 0 saturated heterocycles. The first-order valence-corrected chi connectivity index (χ1v) is 3.97. The Kier molecular flexibility index (Phi) is 1.85. The number of fused-ring (bicyclic) bond motifs is 1. The second-order valence-electron chi connectivity index (χ2n) is 2.87. The van der Waals surface area contributed by atoms with Gasteiger partial charge in [0.2, 0.25) is 0 Å². The van der Waals surface area contributed by atoms with E-state index >= 15 is 0 Å². The third-order valence-corrected chi connectivity index (χ3v) is 2.00. The summed E-state index contributed by atoms with van der Waals surface area (Å²) in [7, 11) is 0. The van der Waals surface area contributed by atoms with E-state index in [1.807, 2.05) is 0 Å². The van der Waals surface area contributed by atoms with Gasteiger partial charge in [-0.25, -0.2) is 0 Å². The topological polar surface area (TPSA) is 79.1 Å². The van der Waals surface area contributed by atoms with E-state index < -0.39 is 17.8 Å². The van der Waals surface area contributed by atoms with Gasteiger partial charge in [-0.1, -0.05) is 18.2 Å². The van der Waals surface area contributed by atoms with E-state index in [-0.39, 0.29) is 0 Å². The molecule has 2 rings (SSSR count). The number of amides is 1. The number of carboxylic acid groups (broad SMARTS) is 1. The first kappa shape index (κ1) is 8.55. The molecule has 0 spiro atoms. The summed E-state index contributed by atoms with van der Waals surface area (Å²) in [4.78, 5) is 22.0. The Bertz CT molecular complexity index is 439. The molecule has 0 radical (unpaired) electrons. The number of aliphatic carboxylic acids is 1. The Morgan fingerprint density at radius 1 is 1.29 bits per heavy atom. The molecule has 0 fully saturated rings. The molecule has 1 unspecified atom stereocenters. The summed E-state index contributed by atoms with van der Waals surface area (Å²) in [5.74, 6) is -3.12. The lowest BCUT2D eigenvalue weighted by Gasteiger charge is -2.13. The van der Waals surface area contributed by atoms with Crippen LogP contribution in [0, 0.1) is 0 Å². The Morgan fingerprint density at radius 3 is 2.71 bits per heavy atom. The van der Waals surface area contributed by atoms with Crippen molar-refractivity contribution in [3.63, 3.8) is 0 Å². The highest BCUT2D eigenvalue weighted by atomic mass is 16.4. The quantitative estimate of drug-likeness (QED) is 0.681. The molecule has 0 aromatic heterocycles. The maximum atomic E-state index is 11.2. The summed E-state index contributed by atoms with van der Waals surface area (Å²) in [5.41, 5.74) is 0.847. The van der Waals surface area contributed by atoms with Gasteiger partial charge in [-0.05, 0) is 6.07 Å². The van der Waals surface area contributed by atoms with Gasteiger partial charge in [-0.15, -0.1) is 10.2 Å². The van der Waals surface area contributed by atoms with E-state index in [0.29, 0.717) is 11.3 Å². The van der Waals surface area contributed by atoms with Crippen molar-refractivity contribution in [1.82, 2.24) is 0 Å². The molecule has 1 aromatic rings. The van der Waals surface area contributed by atoms with Gasteiger partial charge in [0.15, 0.2) is 5.92 Å². The molecule has 0 bridgehead atoms. The third kappa shape index (κ3) is 1.19. The van der Waals surface area contributed by atoms with Gasteiger partial charge < -0.3 is 5.11 Å². The number of nitrogens with zero attached hydrogens (tertiary/aromatic N) is 2. The molecule has 5 heteroatoms. The molecule has 1 N–H and O–H groups in total. The summed E-state index contributed by atoms with van der Waals surface area (Å²) in [6.45, 7) is 0. The van der Waals surface area contributed by atoms with Crippen molar-refractivity contribution in [1.29, 1.82) is 0 Å². The number of rotatable bonds is 1. The van der Waals surface area contributed by atoms with Crippen LogP contribution in [-0.4, -0.2) is 17.0 Å². The molecule has 1 aliphatic heterocycles. The van der Waals surface area contributed by atoms with E-state index in [4.69, 9.17) is 5.11 Å². The fourth-order valence-electron chi connectivity index (χ4n) is 1.36. The highest BCUT2D eigenvalue weighted by molar-refractivity contribution is 6.04. The minimum atomic E-state index is -1.20. The second-order valence-corrected chi connectivity index (χ2v) is 2.87. The van der Waals surface area contributed by atoms with Crippen LogP contribution in [0.1, 0.15) is 11.5 Å². The van der Waals surface area contributed by atoms with Gasteiger partial charge in [-0.2, -0.15) is 0 Å². The zero-order chi connectivity index (χ0) is 10.1. The third-order valence-electron chi connectivity index (χ3n) is 2.00. The molecule has 1 heterocycles. The Balaban J connectivity index is 2.59. The van der Waals surface area contributed by atoms with Crippen LogP contribution >= 0.6 is 0 Å². The highest BCUT2D eigenvalue weighted by Crippen LogP contribution is 2.32. The van der Waals surface area contributed by atoms with Gasteiger partial charge >= 0.3 is 5.97 Å². The second kappa shape index (κ2) is 3.02. The van der Waals surface area contributed by atoms with E-state index in [9.17, 15) is 9.59 Å². The zero-order valence-electron chi connectivity index (χ0n) is 7.04. The van der Waals surface area contributed by atoms with Crippen LogP contribution in [0.15, 0.2) is 34.5 Å². The predicted octanol–water partition coefficient (Wildman–Crippen LogP) is 1.48. The molecule has 1 amide bonds. The van der Waals surface area contributed by atoms with E-state index in [2.05, 4.69) is 10.2 Å². The first-order chi connectivity index (χ1) is 6.70. The van der Waals surface area contributed by atoms with E-state index in [1.165, 1.54) is 0 Å². The van der Waals surface area contributed by atoms with Crippen molar-refractivity contribution in [2.24, 2.45) is 10.2 Å². The van der Waals surface area contributed by atoms with Crippen molar-refractivity contribution in [2.45, 2.75) is 5.92 Å². The molecule has 14 heavy (non-hydrogen) atoms. The number of carbonyl (C=O) groups excluding carboxylic acids is 1. The highest BCUT2D eigenvalue weighted by Gasteiger charge is 2.32. The van der Waals surface area contributed by atoms with Crippen LogP contribution in [0.3, 0.4) is 0 Å². The number of azo groups is 1. The lowest BCUT2D eigenvalue weighted by atomic mass is 9.96. The van der Waals surface area contributed by atoms with Crippen molar-refractivity contribution < 1.29 is 14.7 Å². The maximum absolute atomic E-state index is 11.2. The van der Waals surface area contributed by atoms with Crippen molar-refractivity contribution in [3.05, 3.63) is 29.8 Å². The van der Waals surface area contributed by atoms with Gasteiger partial charge in [0, 0.05) is 5.56 Å². The van der Waals surface area contributed by atoms with Gasteiger partial charge in [0.05, 0.1) is 5.69 Å². The standard InChI is InChI=1S/C9H6N2O3/c12-8-7(9(13)14)5-3-1-2-4-6(5)10-11-8/h1-4,7H,(H,13,14). The summed E-state index contributed by atoms with van der Waals surface area (Å²) in [6, 6.07) is 6.58. The molecule has 1 aromatic carbocycles. The monoisotopic (exact) mass is 190 g/mol. The van der Waals surface area contributed by atoms with Crippen LogP contribution < -0.4 is 0 Å². The number of carbonyl (C=O) groups is 2. The largest absolute Gasteiger partial charge is 0.480 e. The van der Waals surface area contributed by atoms with Crippen LogP contribution in [0.5, 0.6) is 0 Å². The van der Waals surface area contributed by atoms with Gasteiger partial charge in [0.25, 0.3) is 5.91 Å². The van der Waals surface area contributed by atoms with Crippen LogP contribution in [0.2, 0.25) is 0 Å². The van der Waals surface area contributed by atoms with E-state index in [1.54, 1.807) is 24.3 Å². The number of carboxylic acids is 1. The van der Waals surface area contributed by atoms with Crippen molar-refractivity contribution in [3.8, 4) is 0 Å². The summed E-state index contributed by atoms with van der Waals surface area (Å²) in [5, 5.41) is 15.7. The molecule has 1 atom stereocenters. The Hall–Kier alpha value is -2.04. The van der Waals surface area contributed by atoms with Crippen LogP contribution in [-0.2, 0) is 9.59 Å². The Morgan fingerprint density at radius 2 is 2.00 bits per heavy atom. The molecule has 0 aliphatic carbocycles. The van der Waals surface area contributed by atoms with Crippen LogP contribution in [0.4, 0.5) is 5.69 Å². The molecule has 0 saturated carbocycles. The molecular formula is C9H6N2O3. The minimum Gasteiger partial charge on any atom is -0.480 e. The Labute approximate surface area is 79.1 Å². The summed E-state index contributed by atoms with van der Waals surface area (Å²) >= 11 is 0. The molecule has 70 valence electrons. The number of hydrogen-bond acceptors (Lipinski definition) is 3. The van der Waals surface area contributed by atoms with Gasteiger partial charge in [-0.3, -0.25) is 9.59 Å². The van der Waals surface area contributed by atoms with Crippen LogP contribution in [0.25, 0.3) is 0 Å². The predicted molar refractivity (Wildman–Crippen MR) is 46.3 cm³/mol. The smallest absolute Gasteiger partial charge is 0.320 e. The lowest BCUT2D eigenvalue weighted by Crippen LogP contribution is -2.21. The van der Waals surface area contributed by atoms with Crippen molar-refractivity contribution in [2.75, 3.05) is 0 Å². The van der Waals surface area contributed by atoms with E-state index in [0.717, 1.165) is 0 Å². The summed E-state index contributed by atoms with van der Waals surface area (Å²) < 4.78 is 0. The summed E-state index contributed by atoms with van der Waals surface area (Å²) in [6.07, 6.45) is 0.